The molecule has 1 fully saturated rings. The van der Waals surface area contributed by atoms with Gasteiger partial charge < -0.3 is 65.0 Å². The van der Waals surface area contributed by atoms with E-state index in [4.69, 9.17) is 13.9 Å². The first-order valence-corrected chi connectivity index (χ1v) is 12.4. The van der Waals surface area contributed by atoms with Crippen LogP contribution in [0.1, 0.15) is 22.0 Å². The van der Waals surface area contributed by atoms with Crippen molar-refractivity contribution in [1.29, 1.82) is 0 Å². The average Bonchev–Trinajstić information content (AvgIpc) is 2.95. The Morgan fingerprint density at radius 2 is 1.42 bits per heavy atom. The SMILES string of the molecule is O=C(OC[C@H]1O[C@@H](c2c(O)cc3oc(-c4ccc(O)c(O)c4)cc(=O)c3c2O)[C@H](O)[C@@H](O)[C@@H]1O)c1cc(O)c(O)c(O)c1. The maximum Gasteiger partial charge on any atom is 0.338 e. The van der Waals surface area contributed by atoms with E-state index in [1.165, 1.54) is 6.07 Å². The molecule has 1 aromatic heterocycles. The van der Waals surface area contributed by atoms with Gasteiger partial charge in [-0.3, -0.25) is 4.79 Å². The number of phenolic OH excluding ortho intramolecular Hbond substituents is 7. The summed E-state index contributed by atoms with van der Waals surface area (Å²) in [5.74, 6) is -6.31. The molecule has 5 rings (SSSR count). The van der Waals surface area contributed by atoms with Gasteiger partial charge in [0.25, 0.3) is 0 Å². The fourth-order valence-electron chi connectivity index (χ4n) is 4.69. The lowest BCUT2D eigenvalue weighted by atomic mass is 9.89. The fourth-order valence-corrected chi connectivity index (χ4v) is 4.69. The molecule has 0 bridgehead atoms. The van der Waals surface area contributed by atoms with Gasteiger partial charge in [0.1, 0.15) is 65.4 Å². The van der Waals surface area contributed by atoms with Gasteiger partial charge in [-0.2, -0.15) is 0 Å². The van der Waals surface area contributed by atoms with E-state index in [0.717, 1.165) is 36.4 Å². The number of ether oxygens (including phenoxy) is 2. The summed E-state index contributed by atoms with van der Waals surface area (Å²) < 4.78 is 16.3. The van der Waals surface area contributed by atoms with E-state index in [1.54, 1.807) is 0 Å². The quantitative estimate of drug-likeness (QED) is 0.112. The van der Waals surface area contributed by atoms with Crippen LogP contribution in [0.15, 0.2) is 51.7 Å². The number of carbonyl (C=O) groups excluding carboxylic acids is 1. The van der Waals surface area contributed by atoms with Crippen molar-refractivity contribution in [3.05, 3.63) is 63.8 Å². The summed E-state index contributed by atoms with van der Waals surface area (Å²) in [5, 5.41) is 101. The first-order valence-electron chi connectivity index (χ1n) is 12.4. The van der Waals surface area contributed by atoms with Crippen LogP contribution >= 0.6 is 0 Å². The molecule has 0 aliphatic carbocycles. The van der Waals surface area contributed by atoms with Gasteiger partial charge in [0.05, 0.1) is 11.1 Å². The summed E-state index contributed by atoms with van der Waals surface area (Å²) in [6.07, 6.45) is -9.11. The van der Waals surface area contributed by atoms with Crippen LogP contribution in [0.4, 0.5) is 0 Å². The molecule has 5 atom stereocenters. The molecule has 0 saturated carbocycles. The van der Waals surface area contributed by atoms with Gasteiger partial charge in [0.15, 0.2) is 34.2 Å². The van der Waals surface area contributed by atoms with E-state index < -0.39 is 105 Å². The summed E-state index contributed by atoms with van der Waals surface area (Å²) in [6, 6.07) is 7.10. The molecule has 1 saturated heterocycles. The Hall–Kier alpha value is -5.22. The van der Waals surface area contributed by atoms with Gasteiger partial charge in [0, 0.05) is 17.7 Å². The molecular weight excluding hydrogens is 576 g/mol. The molecule has 43 heavy (non-hydrogen) atoms. The fraction of sp³-hybridized carbons (Fsp3) is 0.214. The van der Waals surface area contributed by atoms with Crippen LogP contribution in [0.3, 0.4) is 0 Å². The number of aliphatic hydroxyl groups is 3. The molecule has 15 heteroatoms. The average molecular weight is 600 g/mol. The molecule has 3 aromatic carbocycles. The maximum absolute atomic E-state index is 13.0. The number of rotatable bonds is 5. The Morgan fingerprint density at radius 1 is 0.744 bits per heavy atom. The topological polar surface area (TPSA) is 268 Å². The Kier molecular flexibility index (Phi) is 7.41. The molecule has 1 aliphatic rings. The van der Waals surface area contributed by atoms with Gasteiger partial charge in [-0.15, -0.1) is 0 Å². The summed E-state index contributed by atoms with van der Waals surface area (Å²) in [6.45, 7) is -0.775. The highest BCUT2D eigenvalue weighted by Crippen LogP contribution is 2.45. The summed E-state index contributed by atoms with van der Waals surface area (Å²) in [5.41, 5.74) is -1.91. The minimum Gasteiger partial charge on any atom is -0.507 e. The number of esters is 1. The van der Waals surface area contributed by atoms with E-state index in [2.05, 4.69) is 0 Å². The molecule has 0 radical (unpaired) electrons. The second-order valence-electron chi connectivity index (χ2n) is 9.74. The van der Waals surface area contributed by atoms with E-state index in [1.807, 2.05) is 0 Å². The number of fused-ring (bicyclic) bond motifs is 1. The number of benzene rings is 3. The van der Waals surface area contributed by atoms with E-state index in [0.29, 0.717) is 0 Å². The molecule has 0 amide bonds. The van der Waals surface area contributed by atoms with Gasteiger partial charge in [-0.1, -0.05) is 0 Å². The number of phenols is 7. The molecule has 0 unspecified atom stereocenters. The van der Waals surface area contributed by atoms with E-state index >= 15 is 0 Å². The van der Waals surface area contributed by atoms with Crippen molar-refractivity contribution in [3.8, 4) is 51.6 Å². The number of hydrogen-bond acceptors (Lipinski definition) is 15. The van der Waals surface area contributed by atoms with Crippen molar-refractivity contribution in [2.45, 2.75) is 30.5 Å². The monoisotopic (exact) mass is 600 g/mol. The van der Waals surface area contributed by atoms with Gasteiger partial charge in [0.2, 0.25) is 0 Å². The van der Waals surface area contributed by atoms with Gasteiger partial charge >= 0.3 is 5.97 Å². The second kappa shape index (κ2) is 10.9. The van der Waals surface area contributed by atoms with Crippen molar-refractivity contribution < 1.29 is 69.8 Å². The minimum absolute atomic E-state index is 0.0935. The van der Waals surface area contributed by atoms with Crippen LogP contribution in [0.25, 0.3) is 22.3 Å². The highest BCUT2D eigenvalue weighted by molar-refractivity contribution is 5.91. The van der Waals surface area contributed by atoms with Crippen LogP contribution < -0.4 is 5.43 Å². The molecule has 4 aromatic rings. The highest BCUT2D eigenvalue weighted by Gasteiger charge is 2.47. The van der Waals surface area contributed by atoms with Crippen molar-refractivity contribution in [1.82, 2.24) is 0 Å². The largest absolute Gasteiger partial charge is 0.507 e. The number of aliphatic hydroxyl groups excluding tert-OH is 3. The molecule has 2 heterocycles. The Labute approximate surface area is 239 Å². The lowest BCUT2D eigenvalue weighted by molar-refractivity contribution is -0.232. The van der Waals surface area contributed by atoms with Gasteiger partial charge in [-0.05, 0) is 30.3 Å². The van der Waals surface area contributed by atoms with E-state index in [-0.39, 0.29) is 16.9 Å². The Balaban J connectivity index is 1.46. The maximum atomic E-state index is 13.0. The third kappa shape index (κ3) is 5.17. The molecule has 226 valence electrons. The van der Waals surface area contributed by atoms with E-state index in [9.17, 15) is 60.7 Å². The second-order valence-corrected chi connectivity index (χ2v) is 9.74. The van der Waals surface area contributed by atoms with Crippen molar-refractivity contribution in [2.75, 3.05) is 6.61 Å². The van der Waals surface area contributed by atoms with Crippen LogP contribution in [-0.4, -0.2) is 88.1 Å². The minimum atomic E-state index is -1.96. The zero-order valence-corrected chi connectivity index (χ0v) is 21.6. The molecular formula is C28H24O15. The van der Waals surface area contributed by atoms with Gasteiger partial charge in [-0.25, -0.2) is 4.79 Å². The number of carbonyl (C=O) groups is 1. The van der Waals surface area contributed by atoms with Crippen molar-refractivity contribution in [3.63, 3.8) is 0 Å². The smallest absolute Gasteiger partial charge is 0.338 e. The van der Waals surface area contributed by atoms with Crippen LogP contribution in [0, 0.1) is 0 Å². The lowest BCUT2D eigenvalue weighted by Crippen LogP contribution is -2.55. The molecule has 1 aliphatic heterocycles. The third-order valence-corrected chi connectivity index (χ3v) is 6.95. The first kappa shape index (κ1) is 29.3. The third-order valence-electron chi connectivity index (χ3n) is 6.95. The molecule has 0 spiro atoms. The summed E-state index contributed by atoms with van der Waals surface area (Å²) in [4.78, 5) is 25.5. The van der Waals surface area contributed by atoms with Crippen LogP contribution in [-0.2, 0) is 9.47 Å². The molecule has 15 nitrogen and oxygen atoms in total. The van der Waals surface area contributed by atoms with Crippen LogP contribution in [0.5, 0.6) is 40.2 Å². The standard InChI is InChI=1S/C28H24O15/c29-11-2-1-9(3-12(11)30)17-6-13(31)20-18(42-17)7-14(32)21(24(20)37)27-26(39)25(38)23(36)19(43-27)8-41-28(40)10-4-15(33)22(35)16(34)5-10/h1-7,19,23,25-27,29-30,32-39H,8H2/t19-,23-,25+,26-,27+/m1/s1. The summed E-state index contributed by atoms with van der Waals surface area (Å²) >= 11 is 0. The highest BCUT2D eigenvalue weighted by atomic mass is 16.6. The zero-order chi connectivity index (χ0) is 31.3. The molecule has 10 N–H and O–H groups in total. The number of hydrogen-bond donors (Lipinski definition) is 10. The lowest BCUT2D eigenvalue weighted by Gasteiger charge is -2.40. The van der Waals surface area contributed by atoms with Crippen molar-refractivity contribution >= 4 is 16.9 Å². The normalized spacial score (nSPS) is 22.0. The zero-order valence-electron chi connectivity index (χ0n) is 21.6. The Morgan fingerprint density at radius 3 is 2.07 bits per heavy atom. The van der Waals surface area contributed by atoms with Crippen molar-refractivity contribution in [2.24, 2.45) is 0 Å². The summed E-state index contributed by atoms with van der Waals surface area (Å²) in [7, 11) is 0. The predicted molar refractivity (Wildman–Crippen MR) is 142 cm³/mol. The predicted octanol–water partition coefficient (Wildman–Crippen LogP) is 0.779. The first-order chi connectivity index (χ1) is 20.3. The Bertz CT molecular complexity index is 1770. The number of aromatic hydroxyl groups is 7. The van der Waals surface area contributed by atoms with Crippen LogP contribution in [0.2, 0.25) is 0 Å².